The summed E-state index contributed by atoms with van der Waals surface area (Å²) in [6.07, 6.45) is 3.32. The number of ether oxygens (including phenoxy) is 1. The van der Waals surface area contributed by atoms with Crippen LogP contribution in [0.4, 0.5) is 0 Å². The van der Waals surface area contributed by atoms with Crippen molar-refractivity contribution in [2.75, 3.05) is 25.4 Å². The van der Waals surface area contributed by atoms with E-state index in [4.69, 9.17) is 4.74 Å². The Labute approximate surface area is 178 Å². The number of carbonyl (C=O) groups is 1. The summed E-state index contributed by atoms with van der Waals surface area (Å²) in [4.78, 5) is 17.8. The second-order valence-corrected chi connectivity index (χ2v) is 10.5. The van der Waals surface area contributed by atoms with Crippen molar-refractivity contribution in [1.82, 2.24) is 4.57 Å². The van der Waals surface area contributed by atoms with Crippen molar-refractivity contribution in [3.05, 3.63) is 52.8 Å². The molecule has 0 aliphatic heterocycles. The molecule has 154 valence electrons. The first-order valence-corrected chi connectivity index (χ1v) is 12.9. The normalized spacial score (nSPS) is 12.4. The van der Waals surface area contributed by atoms with E-state index in [1.807, 2.05) is 24.5 Å². The molecule has 0 aliphatic carbocycles. The molecule has 29 heavy (non-hydrogen) atoms. The minimum Gasteiger partial charge on any atom is -0.497 e. The van der Waals surface area contributed by atoms with Crippen molar-refractivity contribution in [3.8, 4) is 5.75 Å². The molecule has 3 aromatic rings. The molecule has 3 rings (SSSR count). The third-order valence-corrected chi connectivity index (χ3v) is 7.10. The summed E-state index contributed by atoms with van der Waals surface area (Å²) in [6, 6.07) is 12.2. The van der Waals surface area contributed by atoms with Gasteiger partial charge in [-0.15, -0.1) is 0 Å². The largest absolute Gasteiger partial charge is 0.497 e. The number of amides is 1. The minimum absolute atomic E-state index is 0.115. The Kier molecular flexibility index (Phi) is 6.81. The molecule has 1 heterocycles. The molecule has 0 radical (unpaired) electrons. The Morgan fingerprint density at radius 3 is 2.55 bits per heavy atom. The number of aromatic nitrogens is 1. The van der Waals surface area contributed by atoms with Gasteiger partial charge in [0.1, 0.15) is 5.75 Å². The molecule has 0 fully saturated rings. The molecular weight excluding hydrogens is 428 g/mol. The first kappa shape index (κ1) is 21.6. The van der Waals surface area contributed by atoms with Crippen LogP contribution in [0, 0.1) is 0 Å². The van der Waals surface area contributed by atoms with E-state index in [0.717, 1.165) is 40.1 Å². The predicted molar refractivity (Wildman–Crippen MR) is 119 cm³/mol. The maximum absolute atomic E-state index is 12.6. The molecule has 6 nitrogen and oxygen atoms in total. The van der Waals surface area contributed by atoms with Gasteiger partial charge in [0.25, 0.3) is 5.91 Å². The molecule has 1 amide bonds. The number of thioether (sulfide) groups is 1. The molecule has 0 bridgehead atoms. The van der Waals surface area contributed by atoms with E-state index >= 15 is 0 Å². The van der Waals surface area contributed by atoms with E-state index in [9.17, 15) is 13.2 Å². The zero-order valence-electron chi connectivity index (χ0n) is 16.4. The Hall–Kier alpha value is -2.10. The number of methoxy groups -OCH3 is 1. The predicted octanol–water partition coefficient (Wildman–Crippen LogP) is 3.15. The topological polar surface area (TPSA) is 77.7 Å². The van der Waals surface area contributed by atoms with Crippen molar-refractivity contribution >= 4 is 49.1 Å². The Morgan fingerprint density at radius 1 is 1.21 bits per heavy atom. The van der Waals surface area contributed by atoms with Gasteiger partial charge in [0.05, 0.1) is 28.6 Å². The number of carbonyl (C=O) groups excluding carboxylic acids is 1. The van der Waals surface area contributed by atoms with E-state index in [1.54, 1.807) is 31.0 Å². The average Bonchev–Trinajstić information content (AvgIpc) is 3.01. The molecular formula is C20H22N2O4S3. The first-order valence-electron chi connectivity index (χ1n) is 8.84. The van der Waals surface area contributed by atoms with E-state index in [0.29, 0.717) is 4.80 Å². The maximum Gasteiger partial charge on any atom is 0.252 e. The summed E-state index contributed by atoms with van der Waals surface area (Å²) in [6.45, 7) is 0.753. The number of fused-ring (bicyclic) bond motifs is 1. The van der Waals surface area contributed by atoms with E-state index < -0.39 is 9.84 Å². The quantitative estimate of drug-likeness (QED) is 0.553. The van der Waals surface area contributed by atoms with Gasteiger partial charge in [-0.3, -0.25) is 4.79 Å². The standard InChI is InChI=1S/C20H22N2O4S3/c1-26-15-6-9-17-18(13-15)28-20(22(17)10-11-27-2)21-19(23)12-14-4-7-16(8-5-14)29(3,24)25/h4-9,13H,10-12H2,1-3H3. The highest BCUT2D eigenvalue weighted by atomic mass is 32.2. The van der Waals surface area contributed by atoms with Crippen LogP contribution in [0.25, 0.3) is 10.2 Å². The van der Waals surface area contributed by atoms with Gasteiger partial charge in [-0.1, -0.05) is 23.5 Å². The molecule has 0 atom stereocenters. The van der Waals surface area contributed by atoms with Gasteiger partial charge in [0, 0.05) is 18.6 Å². The zero-order chi connectivity index (χ0) is 21.0. The Bertz CT molecular complexity index is 1190. The maximum atomic E-state index is 12.6. The third-order valence-electron chi connectivity index (χ3n) is 4.34. The molecule has 1 aromatic heterocycles. The van der Waals surface area contributed by atoms with Crippen LogP contribution in [0.1, 0.15) is 5.56 Å². The summed E-state index contributed by atoms with van der Waals surface area (Å²) < 4.78 is 31.5. The van der Waals surface area contributed by atoms with Crippen molar-refractivity contribution in [1.29, 1.82) is 0 Å². The van der Waals surface area contributed by atoms with Crippen LogP contribution < -0.4 is 9.54 Å². The fourth-order valence-electron chi connectivity index (χ4n) is 2.84. The van der Waals surface area contributed by atoms with Crippen LogP contribution in [-0.2, 0) is 27.6 Å². The van der Waals surface area contributed by atoms with Crippen molar-refractivity contribution in [2.24, 2.45) is 4.99 Å². The van der Waals surface area contributed by atoms with Crippen molar-refractivity contribution in [3.63, 3.8) is 0 Å². The number of nitrogens with zero attached hydrogens (tertiary/aromatic N) is 2. The van der Waals surface area contributed by atoms with E-state index in [2.05, 4.69) is 9.56 Å². The molecule has 0 unspecified atom stereocenters. The fraction of sp³-hybridized carbons (Fsp3) is 0.300. The van der Waals surface area contributed by atoms with Gasteiger partial charge < -0.3 is 9.30 Å². The highest BCUT2D eigenvalue weighted by Gasteiger charge is 2.11. The second-order valence-electron chi connectivity index (χ2n) is 6.46. The van der Waals surface area contributed by atoms with Crippen LogP contribution in [0.5, 0.6) is 5.75 Å². The summed E-state index contributed by atoms with van der Waals surface area (Å²) in [5.41, 5.74) is 1.75. The summed E-state index contributed by atoms with van der Waals surface area (Å²) in [5, 5.41) is 0. The number of sulfone groups is 1. The number of hydrogen-bond acceptors (Lipinski definition) is 6. The van der Waals surface area contributed by atoms with Gasteiger partial charge in [-0.2, -0.15) is 16.8 Å². The molecule has 0 N–H and O–H groups in total. The fourth-order valence-corrected chi connectivity index (χ4v) is 4.94. The van der Waals surface area contributed by atoms with Crippen LogP contribution in [-0.4, -0.2) is 44.3 Å². The highest BCUT2D eigenvalue weighted by Crippen LogP contribution is 2.23. The van der Waals surface area contributed by atoms with E-state index in [1.165, 1.54) is 23.5 Å². The molecule has 0 aliphatic rings. The number of benzene rings is 2. The average molecular weight is 451 g/mol. The van der Waals surface area contributed by atoms with E-state index in [-0.39, 0.29) is 17.2 Å². The minimum atomic E-state index is -3.25. The second kappa shape index (κ2) is 9.15. The Balaban J connectivity index is 1.92. The summed E-state index contributed by atoms with van der Waals surface area (Å²) in [5.74, 6) is 1.40. The lowest BCUT2D eigenvalue weighted by Gasteiger charge is -2.05. The SMILES string of the molecule is COc1ccc2c(c1)sc(=NC(=O)Cc1ccc(S(C)(=O)=O)cc1)n2CCSC. The first-order chi connectivity index (χ1) is 13.8. The molecule has 2 aromatic carbocycles. The van der Waals surface area contributed by atoms with Gasteiger partial charge in [-0.05, 0) is 42.2 Å². The van der Waals surface area contributed by atoms with Crippen molar-refractivity contribution in [2.45, 2.75) is 17.9 Å². The lowest BCUT2D eigenvalue weighted by atomic mass is 10.1. The number of aryl methyl sites for hydroxylation is 1. The molecule has 0 saturated heterocycles. The number of rotatable bonds is 7. The van der Waals surface area contributed by atoms with Crippen molar-refractivity contribution < 1.29 is 17.9 Å². The smallest absolute Gasteiger partial charge is 0.252 e. The van der Waals surface area contributed by atoms with Crippen LogP contribution in [0.2, 0.25) is 0 Å². The molecule has 9 heteroatoms. The molecule has 0 spiro atoms. The summed E-state index contributed by atoms with van der Waals surface area (Å²) >= 11 is 3.19. The number of hydrogen-bond donors (Lipinski definition) is 0. The summed E-state index contributed by atoms with van der Waals surface area (Å²) in [7, 11) is -1.63. The zero-order valence-corrected chi connectivity index (χ0v) is 18.9. The Morgan fingerprint density at radius 2 is 1.93 bits per heavy atom. The monoisotopic (exact) mass is 450 g/mol. The van der Waals surface area contributed by atoms with Gasteiger partial charge in [-0.25, -0.2) is 8.42 Å². The van der Waals surface area contributed by atoms with Gasteiger partial charge in [0.15, 0.2) is 14.6 Å². The highest BCUT2D eigenvalue weighted by molar-refractivity contribution is 7.98. The number of thiazole rings is 1. The lowest BCUT2D eigenvalue weighted by Crippen LogP contribution is -2.18. The third kappa shape index (κ3) is 5.29. The lowest BCUT2D eigenvalue weighted by molar-refractivity contribution is -0.117. The van der Waals surface area contributed by atoms with Crippen LogP contribution in [0.3, 0.4) is 0 Å². The van der Waals surface area contributed by atoms with Gasteiger partial charge in [0.2, 0.25) is 0 Å². The van der Waals surface area contributed by atoms with Crippen LogP contribution >= 0.6 is 23.1 Å². The molecule has 0 saturated carbocycles. The van der Waals surface area contributed by atoms with Crippen LogP contribution in [0.15, 0.2) is 52.4 Å². The van der Waals surface area contributed by atoms with Gasteiger partial charge >= 0.3 is 0 Å².